The molecule has 1 amide bonds. The molecule has 4 nitrogen and oxygen atoms in total. The van der Waals surface area contributed by atoms with Crippen LogP contribution in [0, 0.1) is 0 Å². The molecule has 0 aromatic carbocycles. The molecule has 1 unspecified atom stereocenters. The Labute approximate surface area is 78.7 Å². The lowest BCUT2D eigenvalue weighted by Crippen LogP contribution is -2.42. The Balaban J connectivity index is 2.28. The molecule has 1 saturated heterocycles. The van der Waals surface area contributed by atoms with E-state index >= 15 is 0 Å². The van der Waals surface area contributed by atoms with E-state index in [1.165, 1.54) is 0 Å². The molecule has 0 aliphatic carbocycles. The van der Waals surface area contributed by atoms with Crippen molar-refractivity contribution in [2.75, 3.05) is 19.6 Å². The highest BCUT2D eigenvalue weighted by atomic mass is 16.3. The topological polar surface area (TPSA) is 66.6 Å². The van der Waals surface area contributed by atoms with Crippen molar-refractivity contribution in [2.45, 2.75) is 31.8 Å². The third-order valence-corrected chi connectivity index (χ3v) is 2.34. The van der Waals surface area contributed by atoms with Crippen molar-refractivity contribution in [1.29, 1.82) is 0 Å². The molecule has 1 fully saturated rings. The van der Waals surface area contributed by atoms with Gasteiger partial charge < -0.3 is 15.7 Å². The van der Waals surface area contributed by atoms with Crippen LogP contribution in [0.15, 0.2) is 0 Å². The molecular formula is C9H18N2O2. The zero-order valence-electron chi connectivity index (χ0n) is 7.91. The average molecular weight is 186 g/mol. The number of likely N-dealkylation sites (tertiary alicyclic amines) is 1. The van der Waals surface area contributed by atoms with Crippen LogP contribution >= 0.6 is 0 Å². The molecule has 0 spiro atoms. The molecule has 0 aromatic heterocycles. The van der Waals surface area contributed by atoms with Crippen molar-refractivity contribution in [1.82, 2.24) is 4.90 Å². The van der Waals surface area contributed by atoms with Crippen LogP contribution in [-0.4, -0.2) is 41.7 Å². The van der Waals surface area contributed by atoms with Crippen LogP contribution < -0.4 is 5.73 Å². The third kappa shape index (κ3) is 3.32. The number of carbonyl (C=O) groups is 1. The second-order valence-electron chi connectivity index (χ2n) is 3.53. The van der Waals surface area contributed by atoms with E-state index in [-0.39, 0.29) is 12.0 Å². The van der Waals surface area contributed by atoms with Gasteiger partial charge in [0, 0.05) is 19.5 Å². The number of β-amino-alcohol motifs (C(OH)–C–C–N with tert-alkyl or cyclic N) is 1. The number of piperidine rings is 1. The van der Waals surface area contributed by atoms with Crippen LogP contribution in [0.5, 0.6) is 0 Å². The van der Waals surface area contributed by atoms with Gasteiger partial charge in [-0.1, -0.05) is 0 Å². The van der Waals surface area contributed by atoms with Gasteiger partial charge in [0.1, 0.15) is 0 Å². The molecule has 3 N–H and O–H groups in total. The molecule has 13 heavy (non-hydrogen) atoms. The van der Waals surface area contributed by atoms with Gasteiger partial charge in [-0.05, 0) is 25.8 Å². The van der Waals surface area contributed by atoms with E-state index in [2.05, 4.69) is 0 Å². The Hall–Kier alpha value is -0.610. The summed E-state index contributed by atoms with van der Waals surface area (Å²) in [5.41, 5.74) is 5.31. The quantitative estimate of drug-likeness (QED) is 0.636. The lowest BCUT2D eigenvalue weighted by Gasteiger charge is -2.30. The number of carbonyl (C=O) groups excluding carboxylic acids is 1. The van der Waals surface area contributed by atoms with Crippen molar-refractivity contribution in [2.24, 2.45) is 5.73 Å². The second-order valence-corrected chi connectivity index (χ2v) is 3.53. The van der Waals surface area contributed by atoms with E-state index in [1.807, 2.05) is 0 Å². The van der Waals surface area contributed by atoms with E-state index < -0.39 is 0 Å². The number of hydrogen-bond donors (Lipinski definition) is 2. The fourth-order valence-corrected chi connectivity index (χ4v) is 1.59. The number of hydrogen-bond acceptors (Lipinski definition) is 3. The standard InChI is InChI=1S/C9H18N2O2/c10-5-1-4-9(13)11-6-2-3-8(12)7-11/h8,12H,1-7,10H2. The number of nitrogens with two attached hydrogens (primary N) is 1. The maximum absolute atomic E-state index is 11.5. The molecule has 1 rings (SSSR count). The van der Waals surface area contributed by atoms with Crippen LogP contribution in [0.4, 0.5) is 0 Å². The first-order chi connectivity index (χ1) is 6.24. The summed E-state index contributed by atoms with van der Waals surface area (Å²) in [4.78, 5) is 13.2. The van der Waals surface area contributed by atoms with Crippen molar-refractivity contribution in [3.63, 3.8) is 0 Å². The van der Waals surface area contributed by atoms with Crippen LogP contribution in [0.2, 0.25) is 0 Å². The summed E-state index contributed by atoms with van der Waals surface area (Å²) in [7, 11) is 0. The van der Waals surface area contributed by atoms with Gasteiger partial charge in [-0.15, -0.1) is 0 Å². The summed E-state index contributed by atoms with van der Waals surface area (Å²) < 4.78 is 0. The summed E-state index contributed by atoms with van der Waals surface area (Å²) >= 11 is 0. The number of rotatable bonds is 3. The van der Waals surface area contributed by atoms with E-state index in [4.69, 9.17) is 5.73 Å². The highest BCUT2D eigenvalue weighted by Crippen LogP contribution is 2.11. The molecule has 4 heteroatoms. The van der Waals surface area contributed by atoms with E-state index in [0.29, 0.717) is 19.5 Å². The minimum absolute atomic E-state index is 0.129. The van der Waals surface area contributed by atoms with Crippen LogP contribution in [0.1, 0.15) is 25.7 Å². The summed E-state index contributed by atoms with van der Waals surface area (Å²) in [5.74, 6) is 0.129. The molecular weight excluding hydrogens is 168 g/mol. The van der Waals surface area contributed by atoms with Crippen LogP contribution in [0.3, 0.4) is 0 Å². The van der Waals surface area contributed by atoms with E-state index in [1.54, 1.807) is 4.90 Å². The van der Waals surface area contributed by atoms with E-state index in [0.717, 1.165) is 25.8 Å². The van der Waals surface area contributed by atoms with Crippen LogP contribution in [0.25, 0.3) is 0 Å². The monoisotopic (exact) mass is 186 g/mol. The largest absolute Gasteiger partial charge is 0.391 e. The highest BCUT2D eigenvalue weighted by Gasteiger charge is 2.20. The van der Waals surface area contributed by atoms with Gasteiger partial charge in [-0.25, -0.2) is 0 Å². The predicted molar refractivity (Wildman–Crippen MR) is 50.1 cm³/mol. The zero-order valence-corrected chi connectivity index (χ0v) is 7.91. The minimum Gasteiger partial charge on any atom is -0.391 e. The average Bonchev–Trinajstić information content (AvgIpc) is 2.14. The molecule has 1 heterocycles. The van der Waals surface area contributed by atoms with Gasteiger partial charge in [-0.2, -0.15) is 0 Å². The lowest BCUT2D eigenvalue weighted by atomic mass is 10.1. The molecule has 0 saturated carbocycles. The smallest absolute Gasteiger partial charge is 0.222 e. The van der Waals surface area contributed by atoms with Crippen LogP contribution in [-0.2, 0) is 4.79 Å². The highest BCUT2D eigenvalue weighted by molar-refractivity contribution is 5.76. The van der Waals surface area contributed by atoms with Gasteiger partial charge in [0.2, 0.25) is 5.91 Å². The molecule has 0 radical (unpaired) electrons. The number of amides is 1. The zero-order chi connectivity index (χ0) is 9.68. The Bertz CT molecular complexity index is 173. The van der Waals surface area contributed by atoms with Gasteiger partial charge in [0.05, 0.1) is 6.10 Å². The number of aliphatic hydroxyl groups excluding tert-OH is 1. The minimum atomic E-state index is -0.324. The maximum atomic E-state index is 11.5. The first-order valence-electron chi connectivity index (χ1n) is 4.90. The molecule has 1 atom stereocenters. The molecule has 0 bridgehead atoms. The Morgan fingerprint density at radius 3 is 3.00 bits per heavy atom. The Kier molecular flexibility index (Phi) is 4.18. The van der Waals surface area contributed by atoms with E-state index in [9.17, 15) is 9.90 Å². The predicted octanol–water partition coefficient (Wildman–Crippen LogP) is -0.291. The van der Waals surface area contributed by atoms with Gasteiger partial charge in [-0.3, -0.25) is 4.79 Å². The molecule has 76 valence electrons. The van der Waals surface area contributed by atoms with Crippen molar-refractivity contribution in [3.8, 4) is 0 Å². The van der Waals surface area contributed by atoms with Gasteiger partial charge in [0.15, 0.2) is 0 Å². The van der Waals surface area contributed by atoms with Crippen molar-refractivity contribution >= 4 is 5.91 Å². The fourth-order valence-electron chi connectivity index (χ4n) is 1.59. The second kappa shape index (κ2) is 5.19. The third-order valence-electron chi connectivity index (χ3n) is 2.34. The molecule has 0 aromatic rings. The fraction of sp³-hybridized carbons (Fsp3) is 0.889. The number of aliphatic hydroxyl groups is 1. The molecule has 1 aliphatic rings. The Morgan fingerprint density at radius 1 is 1.62 bits per heavy atom. The van der Waals surface area contributed by atoms with Crippen molar-refractivity contribution in [3.05, 3.63) is 0 Å². The van der Waals surface area contributed by atoms with Gasteiger partial charge >= 0.3 is 0 Å². The first-order valence-corrected chi connectivity index (χ1v) is 4.90. The maximum Gasteiger partial charge on any atom is 0.222 e. The summed E-state index contributed by atoms with van der Waals surface area (Å²) in [5, 5.41) is 9.34. The summed E-state index contributed by atoms with van der Waals surface area (Å²) in [6, 6.07) is 0. The normalized spacial score (nSPS) is 23.2. The Morgan fingerprint density at radius 2 is 2.38 bits per heavy atom. The first kappa shape index (κ1) is 10.5. The lowest BCUT2D eigenvalue weighted by molar-refractivity contribution is -0.134. The van der Waals surface area contributed by atoms with Gasteiger partial charge in [0.25, 0.3) is 0 Å². The summed E-state index contributed by atoms with van der Waals surface area (Å²) in [6.45, 7) is 1.85. The molecule has 1 aliphatic heterocycles. The summed E-state index contributed by atoms with van der Waals surface area (Å²) in [6.07, 6.45) is 2.67. The SMILES string of the molecule is NCCCC(=O)N1CCCC(O)C1. The van der Waals surface area contributed by atoms with Crippen molar-refractivity contribution < 1.29 is 9.90 Å². The number of nitrogens with zero attached hydrogens (tertiary/aromatic N) is 1.